The third kappa shape index (κ3) is 2.80. The predicted octanol–water partition coefficient (Wildman–Crippen LogP) is 1.05. The lowest BCUT2D eigenvalue weighted by molar-refractivity contribution is 0.0270. The summed E-state index contributed by atoms with van der Waals surface area (Å²) in [7, 11) is 0. The lowest BCUT2D eigenvalue weighted by Gasteiger charge is -2.23. The van der Waals surface area contributed by atoms with Crippen molar-refractivity contribution in [3.63, 3.8) is 0 Å². The van der Waals surface area contributed by atoms with Crippen LogP contribution < -0.4 is 0 Å². The quantitative estimate of drug-likeness (QED) is 0.594. The summed E-state index contributed by atoms with van der Waals surface area (Å²) >= 11 is 0. The Morgan fingerprint density at radius 2 is 2.07 bits per heavy atom. The minimum atomic E-state index is -0.525. The lowest BCUT2D eigenvalue weighted by atomic mass is 10.1. The molecule has 1 fully saturated rings. The van der Waals surface area contributed by atoms with Gasteiger partial charge in [0.25, 0.3) is 0 Å². The van der Waals surface area contributed by atoms with E-state index in [0.717, 1.165) is 0 Å². The van der Waals surface area contributed by atoms with E-state index in [-0.39, 0.29) is 12.0 Å². The smallest absolute Gasteiger partial charge is 0.410 e. The fourth-order valence-corrected chi connectivity index (χ4v) is 1.33. The Kier molecular flexibility index (Phi) is 2.95. The Balaban J connectivity index is 2.48. The fourth-order valence-electron chi connectivity index (χ4n) is 1.33. The molecular weight excluding hydrogens is 182 g/mol. The number of β-amino-alcohol motifs (C(OH)–C–C–N with tert-alkyl or cyclic N) is 1. The first kappa shape index (κ1) is 11.2. The summed E-state index contributed by atoms with van der Waals surface area (Å²) in [4.78, 5) is 13.0. The van der Waals surface area contributed by atoms with Crippen molar-refractivity contribution in [3.8, 4) is 0 Å². The summed E-state index contributed by atoms with van der Waals surface area (Å²) in [5.41, 5.74) is -0.485. The van der Waals surface area contributed by atoms with Gasteiger partial charge in [-0.05, 0) is 20.8 Å². The number of hydrogen-bond acceptors (Lipinski definition) is 3. The second kappa shape index (κ2) is 3.69. The Bertz CT molecular complexity index is 212. The zero-order valence-corrected chi connectivity index (χ0v) is 8.99. The lowest BCUT2D eigenvalue weighted by Crippen LogP contribution is -2.35. The van der Waals surface area contributed by atoms with Gasteiger partial charge in [0.2, 0.25) is 0 Å². The minimum absolute atomic E-state index is 0.109. The van der Waals surface area contributed by atoms with Crippen LogP contribution in [0.2, 0.25) is 0 Å². The van der Waals surface area contributed by atoms with Crippen molar-refractivity contribution in [1.29, 1.82) is 0 Å². The van der Waals surface area contributed by atoms with Crippen LogP contribution in [-0.2, 0) is 4.74 Å². The van der Waals surface area contributed by atoms with Crippen LogP contribution in [0.25, 0.3) is 0 Å². The van der Waals surface area contributed by atoms with Crippen molar-refractivity contribution in [2.24, 2.45) is 5.92 Å². The normalized spacial score (nSPS) is 27.9. The average molecular weight is 200 g/mol. The van der Waals surface area contributed by atoms with Gasteiger partial charge in [0.15, 0.2) is 0 Å². The highest BCUT2D eigenvalue weighted by atomic mass is 16.6. The van der Waals surface area contributed by atoms with Gasteiger partial charge in [0, 0.05) is 0 Å². The number of rotatable bonds is 0. The van der Waals surface area contributed by atoms with Gasteiger partial charge in [-0.15, -0.1) is 0 Å². The third-order valence-corrected chi connectivity index (χ3v) is 2.06. The maximum Gasteiger partial charge on any atom is 0.410 e. The molecule has 1 aliphatic heterocycles. The molecule has 0 bridgehead atoms. The predicted molar refractivity (Wildman–Crippen MR) is 52.7 cm³/mol. The number of ether oxygens (including phenoxy) is 1. The molecule has 1 rings (SSSR count). The third-order valence-electron chi connectivity index (χ3n) is 2.06. The molecule has 1 saturated heterocycles. The van der Waals surface area contributed by atoms with Crippen molar-refractivity contribution in [3.05, 3.63) is 6.92 Å². The van der Waals surface area contributed by atoms with E-state index in [0.29, 0.717) is 13.1 Å². The van der Waals surface area contributed by atoms with Gasteiger partial charge >= 0.3 is 6.09 Å². The molecule has 1 amide bonds. The second-order valence-electron chi connectivity index (χ2n) is 4.71. The standard InChI is InChI=1S/C10H18NO3/c1-7-5-11(6-8(7)12)9(13)14-10(2,3)4/h7-8,12H,1,5-6H2,2-4H3/q+1. The molecule has 14 heavy (non-hydrogen) atoms. The van der Waals surface area contributed by atoms with Crippen LogP contribution in [0.1, 0.15) is 20.8 Å². The van der Waals surface area contributed by atoms with Crippen molar-refractivity contribution in [1.82, 2.24) is 4.90 Å². The van der Waals surface area contributed by atoms with Crippen molar-refractivity contribution in [2.45, 2.75) is 32.5 Å². The summed E-state index contributed by atoms with van der Waals surface area (Å²) in [5.74, 6) is -0.109. The molecule has 80 valence electrons. The Hall–Kier alpha value is -0.900. The van der Waals surface area contributed by atoms with Crippen LogP contribution in [-0.4, -0.2) is 40.9 Å². The van der Waals surface area contributed by atoms with Crippen LogP contribution in [0.4, 0.5) is 4.79 Å². The first-order chi connectivity index (χ1) is 6.29. The van der Waals surface area contributed by atoms with E-state index in [4.69, 9.17) is 4.74 Å². The number of aliphatic hydroxyl groups is 1. The molecule has 0 aromatic carbocycles. The molecule has 1 N–H and O–H groups in total. The molecule has 1 aliphatic rings. The van der Waals surface area contributed by atoms with Crippen LogP contribution >= 0.6 is 0 Å². The fraction of sp³-hybridized carbons (Fsp3) is 0.800. The van der Waals surface area contributed by atoms with Gasteiger partial charge < -0.3 is 14.7 Å². The summed E-state index contributed by atoms with van der Waals surface area (Å²) in [5, 5.41) is 9.40. The van der Waals surface area contributed by atoms with Gasteiger partial charge in [0.05, 0.1) is 20.0 Å². The number of hydrogen-bond donors (Lipinski definition) is 1. The molecule has 4 nitrogen and oxygen atoms in total. The van der Waals surface area contributed by atoms with E-state index in [2.05, 4.69) is 6.92 Å². The molecule has 0 saturated carbocycles. The number of carbonyl (C=O) groups excluding carboxylic acids is 1. The molecule has 0 spiro atoms. The van der Waals surface area contributed by atoms with Gasteiger partial charge in [-0.1, -0.05) is 0 Å². The van der Waals surface area contributed by atoms with Crippen LogP contribution in [0.15, 0.2) is 0 Å². The SMILES string of the molecule is [CH2+]C1CN(C(=O)OC(C)(C)C)CC1O. The first-order valence-electron chi connectivity index (χ1n) is 4.78. The highest BCUT2D eigenvalue weighted by molar-refractivity contribution is 5.68. The van der Waals surface area contributed by atoms with E-state index >= 15 is 0 Å². The average Bonchev–Trinajstić information content (AvgIpc) is 2.28. The summed E-state index contributed by atoms with van der Waals surface area (Å²) in [6.07, 6.45) is -0.898. The summed E-state index contributed by atoms with van der Waals surface area (Å²) < 4.78 is 5.17. The van der Waals surface area contributed by atoms with Gasteiger partial charge in [-0.2, -0.15) is 0 Å². The number of likely N-dealkylation sites (tertiary alicyclic amines) is 1. The number of amides is 1. The highest BCUT2D eigenvalue weighted by Gasteiger charge is 2.37. The number of aliphatic hydroxyl groups excluding tert-OH is 1. The molecule has 0 radical (unpaired) electrons. The van der Waals surface area contributed by atoms with E-state index in [9.17, 15) is 9.90 Å². The van der Waals surface area contributed by atoms with E-state index < -0.39 is 11.7 Å². The molecule has 1 heterocycles. The van der Waals surface area contributed by atoms with Crippen LogP contribution in [0.5, 0.6) is 0 Å². The monoisotopic (exact) mass is 200 g/mol. The summed E-state index contributed by atoms with van der Waals surface area (Å²) in [6, 6.07) is 0. The Morgan fingerprint density at radius 1 is 1.50 bits per heavy atom. The maximum absolute atomic E-state index is 11.5. The Morgan fingerprint density at radius 3 is 2.43 bits per heavy atom. The summed E-state index contributed by atoms with van der Waals surface area (Å²) in [6.45, 7) is 9.99. The topological polar surface area (TPSA) is 49.8 Å². The van der Waals surface area contributed by atoms with E-state index in [1.54, 1.807) is 0 Å². The molecule has 0 aromatic heterocycles. The van der Waals surface area contributed by atoms with Crippen molar-refractivity contribution < 1.29 is 14.6 Å². The zero-order valence-electron chi connectivity index (χ0n) is 8.99. The molecule has 0 aliphatic carbocycles. The first-order valence-corrected chi connectivity index (χ1v) is 4.78. The van der Waals surface area contributed by atoms with Gasteiger partial charge in [-0.25, -0.2) is 4.79 Å². The molecule has 2 atom stereocenters. The van der Waals surface area contributed by atoms with Crippen LogP contribution in [0.3, 0.4) is 0 Å². The highest BCUT2D eigenvalue weighted by Crippen LogP contribution is 2.18. The van der Waals surface area contributed by atoms with Gasteiger partial charge in [0.1, 0.15) is 17.6 Å². The van der Waals surface area contributed by atoms with Gasteiger partial charge in [-0.3, -0.25) is 0 Å². The largest absolute Gasteiger partial charge is 0.444 e. The molecule has 0 aromatic rings. The second-order valence-corrected chi connectivity index (χ2v) is 4.71. The van der Waals surface area contributed by atoms with Crippen LogP contribution in [0, 0.1) is 12.8 Å². The van der Waals surface area contributed by atoms with Crippen molar-refractivity contribution in [2.75, 3.05) is 13.1 Å². The molecular formula is C10H18NO3+. The minimum Gasteiger partial charge on any atom is -0.444 e. The van der Waals surface area contributed by atoms with Crippen molar-refractivity contribution >= 4 is 6.09 Å². The molecule has 4 heteroatoms. The number of nitrogens with zero attached hydrogens (tertiary/aromatic N) is 1. The zero-order chi connectivity index (χ0) is 10.9. The Labute approximate surface area is 84.8 Å². The van der Waals surface area contributed by atoms with E-state index in [1.807, 2.05) is 20.8 Å². The number of carbonyl (C=O) groups is 1. The maximum atomic E-state index is 11.5. The molecule has 2 unspecified atom stereocenters. The van der Waals surface area contributed by atoms with E-state index in [1.165, 1.54) is 4.90 Å².